The molecule has 1 heterocycles. The van der Waals surface area contributed by atoms with E-state index in [9.17, 15) is 8.42 Å². The van der Waals surface area contributed by atoms with Crippen LogP contribution >= 0.6 is 10.7 Å². The Morgan fingerprint density at radius 3 is 2.70 bits per heavy atom. The average molecular weight is 316 g/mol. The normalized spacial score (nSPS) is 12.1. The van der Waals surface area contributed by atoms with E-state index in [0.29, 0.717) is 18.5 Å². The van der Waals surface area contributed by atoms with Crippen molar-refractivity contribution >= 4 is 30.6 Å². The second-order valence-electron chi connectivity index (χ2n) is 4.61. The van der Waals surface area contributed by atoms with E-state index in [1.807, 2.05) is 16.7 Å². The Morgan fingerprint density at radius 1 is 1.25 bits per heavy atom. The van der Waals surface area contributed by atoms with Gasteiger partial charge in [0, 0.05) is 40.9 Å². The molecule has 0 unspecified atom stereocenters. The van der Waals surface area contributed by atoms with Gasteiger partial charge in [0.1, 0.15) is 4.90 Å². The number of ether oxygens (including phenoxy) is 1. The molecule has 0 aliphatic rings. The monoisotopic (exact) mass is 315 g/mol. The smallest absolute Gasteiger partial charge is 0.263 e. The Hall–Kier alpha value is -1.04. The lowest BCUT2D eigenvalue weighted by Crippen LogP contribution is -2.05. The first-order valence-electron chi connectivity index (χ1n) is 6.64. The maximum Gasteiger partial charge on any atom is 0.263 e. The molecule has 20 heavy (non-hydrogen) atoms. The summed E-state index contributed by atoms with van der Waals surface area (Å²) in [7, 11) is 1.74. The van der Waals surface area contributed by atoms with Crippen LogP contribution in [0, 0.1) is 0 Å². The van der Waals surface area contributed by atoms with E-state index in [1.54, 1.807) is 18.3 Å². The molecule has 0 aliphatic carbocycles. The van der Waals surface area contributed by atoms with Gasteiger partial charge in [0.05, 0.1) is 6.61 Å². The van der Waals surface area contributed by atoms with Gasteiger partial charge in [-0.25, -0.2) is 8.42 Å². The molecule has 4 nitrogen and oxygen atoms in total. The molecule has 0 amide bonds. The van der Waals surface area contributed by atoms with Crippen molar-refractivity contribution < 1.29 is 13.2 Å². The molecule has 0 bridgehead atoms. The molecule has 110 valence electrons. The van der Waals surface area contributed by atoms with Crippen LogP contribution in [-0.4, -0.2) is 26.2 Å². The number of hydrogen-bond donors (Lipinski definition) is 0. The van der Waals surface area contributed by atoms with Gasteiger partial charge >= 0.3 is 0 Å². The molecule has 0 fully saturated rings. The fourth-order valence-corrected chi connectivity index (χ4v) is 3.16. The molecule has 0 atom stereocenters. The van der Waals surface area contributed by atoms with Crippen molar-refractivity contribution in [3.8, 4) is 0 Å². The van der Waals surface area contributed by atoms with Crippen LogP contribution in [0.5, 0.6) is 0 Å². The van der Waals surface area contributed by atoms with E-state index < -0.39 is 9.05 Å². The Morgan fingerprint density at radius 2 is 2.00 bits per heavy atom. The summed E-state index contributed by atoms with van der Waals surface area (Å²) in [6.07, 6.45) is 3.71. The van der Waals surface area contributed by atoms with Crippen LogP contribution in [0.25, 0.3) is 10.9 Å². The van der Waals surface area contributed by atoms with Gasteiger partial charge in [-0.1, -0.05) is 31.5 Å². The molecule has 0 saturated heterocycles. The molecule has 0 N–H and O–H groups in total. The molecular formula is C14H18ClNO3S. The second-order valence-corrected chi connectivity index (χ2v) is 7.14. The summed E-state index contributed by atoms with van der Waals surface area (Å²) in [6, 6.07) is 7.32. The summed E-state index contributed by atoms with van der Waals surface area (Å²) >= 11 is 0. The highest BCUT2D eigenvalue weighted by molar-refractivity contribution is 8.14. The highest BCUT2D eigenvalue weighted by Crippen LogP contribution is 2.27. The summed E-state index contributed by atoms with van der Waals surface area (Å²) in [5.41, 5.74) is 0.853. The summed E-state index contributed by atoms with van der Waals surface area (Å²) < 4.78 is 30.6. The van der Waals surface area contributed by atoms with Crippen molar-refractivity contribution in [1.82, 2.24) is 4.57 Å². The first-order chi connectivity index (χ1) is 9.54. The number of hydrogen-bond acceptors (Lipinski definition) is 3. The highest BCUT2D eigenvalue weighted by atomic mass is 35.7. The van der Waals surface area contributed by atoms with Gasteiger partial charge in [0.2, 0.25) is 0 Å². The van der Waals surface area contributed by atoms with Gasteiger partial charge in [0.15, 0.2) is 0 Å². The van der Waals surface area contributed by atoms with Crippen LogP contribution < -0.4 is 0 Å². The minimum atomic E-state index is -3.74. The Kier molecular flexibility index (Phi) is 5.07. The predicted molar refractivity (Wildman–Crippen MR) is 80.7 cm³/mol. The van der Waals surface area contributed by atoms with Crippen molar-refractivity contribution in [3.63, 3.8) is 0 Å². The summed E-state index contributed by atoms with van der Waals surface area (Å²) in [5, 5.41) is 0.649. The first-order valence-corrected chi connectivity index (χ1v) is 8.95. The summed E-state index contributed by atoms with van der Waals surface area (Å²) in [5.74, 6) is 0. The Bertz CT molecular complexity index is 679. The van der Waals surface area contributed by atoms with Crippen LogP contribution in [0.15, 0.2) is 35.4 Å². The zero-order valence-corrected chi connectivity index (χ0v) is 13.0. The van der Waals surface area contributed by atoms with Gasteiger partial charge in [-0.2, -0.15) is 0 Å². The predicted octanol–water partition coefficient (Wildman–Crippen LogP) is 3.39. The third kappa shape index (κ3) is 3.53. The molecule has 1 aromatic carbocycles. The summed E-state index contributed by atoms with van der Waals surface area (Å²) in [6.45, 7) is 4.01. The van der Waals surface area contributed by atoms with Crippen molar-refractivity contribution in [3.05, 3.63) is 30.5 Å². The fourth-order valence-electron chi connectivity index (χ4n) is 2.10. The molecule has 0 saturated carbocycles. The third-order valence-electron chi connectivity index (χ3n) is 3.13. The lowest BCUT2D eigenvalue weighted by molar-refractivity contribution is 0.124. The quantitative estimate of drug-likeness (QED) is 0.581. The van der Waals surface area contributed by atoms with E-state index in [-0.39, 0.29) is 4.90 Å². The van der Waals surface area contributed by atoms with Gasteiger partial charge in [-0.05, 0) is 12.5 Å². The maximum atomic E-state index is 11.6. The van der Waals surface area contributed by atoms with Gasteiger partial charge in [-0.15, -0.1) is 0 Å². The zero-order valence-electron chi connectivity index (χ0n) is 11.4. The Balaban J connectivity index is 2.21. The Labute approximate surface area is 123 Å². The number of unbranched alkanes of at least 4 members (excludes halogenated alkanes) is 1. The van der Waals surface area contributed by atoms with Crippen LogP contribution in [0.4, 0.5) is 0 Å². The average Bonchev–Trinajstić information content (AvgIpc) is 2.78. The minimum Gasteiger partial charge on any atom is -0.380 e. The number of halogens is 1. The number of nitrogens with zero attached hydrogens (tertiary/aromatic N) is 1. The fraction of sp³-hybridized carbons (Fsp3) is 0.429. The van der Waals surface area contributed by atoms with Gasteiger partial charge in [0.25, 0.3) is 9.05 Å². The molecule has 2 rings (SSSR count). The van der Waals surface area contributed by atoms with Crippen molar-refractivity contribution in [2.75, 3.05) is 13.2 Å². The van der Waals surface area contributed by atoms with E-state index in [2.05, 4.69) is 6.92 Å². The van der Waals surface area contributed by atoms with Crippen LogP contribution in [-0.2, 0) is 20.3 Å². The SMILES string of the molecule is CCCCOCCn1cc(S(=O)(=O)Cl)c2ccccc21. The van der Waals surface area contributed by atoms with Gasteiger partial charge < -0.3 is 9.30 Å². The maximum absolute atomic E-state index is 11.6. The van der Waals surface area contributed by atoms with Crippen LogP contribution in [0.1, 0.15) is 19.8 Å². The third-order valence-corrected chi connectivity index (χ3v) is 4.48. The zero-order chi connectivity index (χ0) is 14.6. The van der Waals surface area contributed by atoms with Crippen LogP contribution in [0.2, 0.25) is 0 Å². The second kappa shape index (κ2) is 6.61. The molecule has 6 heteroatoms. The molecule has 1 aromatic heterocycles. The van der Waals surface area contributed by atoms with Crippen molar-refractivity contribution in [2.24, 2.45) is 0 Å². The van der Waals surface area contributed by atoms with E-state index in [4.69, 9.17) is 15.4 Å². The van der Waals surface area contributed by atoms with E-state index in [0.717, 1.165) is 25.0 Å². The number of rotatable bonds is 7. The number of benzene rings is 1. The molecular weight excluding hydrogens is 298 g/mol. The van der Waals surface area contributed by atoms with E-state index >= 15 is 0 Å². The first kappa shape index (κ1) is 15.4. The molecule has 0 aliphatic heterocycles. The van der Waals surface area contributed by atoms with Gasteiger partial charge in [-0.3, -0.25) is 0 Å². The summed E-state index contributed by atoms with van der Waals surface area (Å²) in [4.78, 5) is 0.156. The standard InChI is InChI=1S/C14H18ClNO3S/c1-2-3-9-19-10-8-16-11-14(20(15,17)18)12-6-4-5-7-13(12)16/h4-7,11H,2-3,8-10H2,1H3. The van der Waals surface area contributed by atoms with Crippen LogP contribution in [0.3, 0.4) is 0 Å². The minimum absolute atomic E-state index is 0.156. The number of fused-ring (bicyclic) bond motifs is 1. The van der Waals surface area contributed by atoms with E-state index in [1.165, 1.54) is 0 Å². The van der Waals surface area contributed by atoms with Crippen molar-refractivity contribution in [1.29, 1.82) is 0 Å². The molecule has 2 aromatic rings. The molecule has 0 spiro atoms. The largest absolute Gasteiger partial charge is 0.380 e. The number of aromatic nitrogens is 1. The lowest BCUT2D eigenvalue weighted by Gasteiger charge is -2.06. The number of para-hydroxylation sites is 1. The molecule has 0 radical (unpaired) electrons. The van der Waals surface area contributed by atoms with Crippen molar-refractivity contribution in [2.45, 2.75) is 31.2 Å². The lowest BCUT2D eigenvalue weighted by atomic mass is 10.2. The topological polar surface area (TPSA) is 48.3 Å². The highest BCUT2D eigenvalue weighted by Gasteiger charge is 2.18.